The molecule has 0 amide bonds. The van der Waals surface area contributed by atoms with E-state index in [0.29, 0.717) is 26.4 Å². The van der Waals surface area contributed by atoms with Crippen molar-refractivity contribution in [3.05, 3.63) is 29.8 Å². The van der Waals surface area contributed by atoms with Crippen LogP contribution >= 0.6 is 0 Å². The first-order chi connectivity index (χ1) is 9.49. The quantitative estimate of drug-likeness (QED) is 0.754. The maximum Gasteiger partial charge on any atom is 0.240 e. The maximum absolute atomic E-state index is 12.3. The van der Waals surface area contributed by atoms with E-state index < -0.39 is 10.0 Å². The number of sulfonamides is 1. The Hall–Kier alpha value is -0.950. The van der Waals surface area contributed by atoms with E-state index >= 15 is 0 Å². The molecule has 0 unspecified atom stereocenters. The van der Waals surface area contributed by atoms with Gasteiger partial charge in [0.05, 0.1) is 24.2 Å². The third-order valence-corrected chi connectivity index (χ3v) is 4.24. The van der Waals surface area contributed by atoms with E-state index in [1.807, 2.05) is 20.8 Å². The van der Waals surface area contributed by atoms with Crippen LogP contribution in [0.25, 0.3) is 0 Å². The maximum atomic E-state index is 12.3. The number of aryl methyl sites for hydroxylation is 1. The minimum Gasteiger partial charge on any atom is -0.380 e. The number of ether oxygens (including phenoxy) is 2. The van der Waals surface area contributed by atoms with E-state index in [1.165, 1.54) is 0 Å². The van der Waals surface area contributed by atoms with Gasteiger partial charge in [-0.1, -0.05) is 17.7 Å². The Kier molecular flexibility index (Phi) is 7.15. The lowest BCUT2D eigenvalue weighted by Gasteiger charge is -2.18. The van der Waals surface area contributed by atoms with Crippen molar-refractivity contribution in [3.63, 3.8) is 0 Å². The number of hydrogen-bond donors (Lipinski definition) is 1. The highest BCUT2D eigenvalue weighted by molar-refractivity contribution is 7.89. The molecule has 0 fully saturated rings. The topological polar surface area (TPSA) is 64.6 Å². The summed E-state index contributed by atoms with van der Waals surface area (Å²) in [5.74, 6) is 0. The molecule has 0 aliphatic carbocycles. The van der Waals surface area contributed by atoms with Gasteiger partial charge in [-0.2, -0.15) is 0 Å². The standard InChI is InChI=1S/C14H23NO4S/c1-4-18-10-13(11-19-5-2)15-20(16,17)14-8-6-12(3)7-9-14/h6-9,13,15H,4-5,10-11H2,1-3H3. The molecular formula is C14H23NO4S. The van der Waals surface area contributed by atoms with E-state index in [1.54, 1.807) is 24.3 Å². The number of hydrogen-bond acceptors (Lipinski definition) is 4. The zero-order chi connectivity index (χ0) is 15.0. The lowest BCUT2D eigenvalue weighted by atomic mass is 10.2. The Bertz CT molecular complexity index is 476. The van der Waals surface area contributed by atoms with E-state index in [-0.39, 0.29) is 10.9 Å². The van der Waals surface area contributed by atoms with Gasteiger partial charge in [-0.05, 0) is 32.9 Å². The second kappa shape index (κ2) is 8.36. The van der Waals surface area contributed by atoms with Crippen molar-refractivity contribution in [2.75, 3.05) is 26.4 Å². The van der Waals surface area contributed by atoms with Gasteiger partial charge in [0.2, 0.25) is 10.0 Å². The zero-order valence-electron chi connectivity index (χ0n) is 12.3. The molecule has 1 rings (SSSR count). The Morgan fingerprint density at radius 1 is 1.05 bits per heavy atom. The van der Waals surface area contributed by atoms with Crippen LogP contribution in [0.5, 0.6) is 0 Å². The molecule has 0 atom stereocenters. The summed E-state index contributed by atoms with van der Waals surface area (Å²) in [5, 5.41) is 0. The van der Waals surface area contributed by atoms with Gasteiger partial charge in [-0.3, -0.25) is 0 Å². The molecule has 1 aromatic rings. The molecule has 114 valence electrons. The Labute approximate surface area is 121 Å². The van der Waals surface area contributed by atoms with Crippen LogP contribution in [0.4, 0.5) is 0 Å². The van der Waals surface area contributed by atoms with Crippen LogP contribution < -0.4 is 4.72 Å². The second-order valence-corrected chi connectivity index (χ2v) is 6.16. The molecule has 0 aromatic heterocycles. The fourth-order valence-corrected chi connectivity index (χ4v) is 2.85. The van der Waals surface area contributed by atoms with E-state index in [2.05, 4.69) is 4.72 Å². The molecule has 1 aromatic carbocycles. The van der Waals surface area contributed by atoms with Gasteiger partial charge in [-0.15, -0.1) is 0 Å². The van der Waals surface area contributed by atoms with Crippen LogP contribution in [0.3, 0.4) is 0 Å². The van der Waals surface area contributed by atoms with Crippen molar-refractivity contribution in [1.82, 2.24) is 4.72 Å². The van der Waals surface area contributed by atoms with Crippen LogP contribution in [-0.4, -0.2) is 40.9 Å². The minimum atomic E-state index is -3.55. The monoisotopic (exact) mass is 301 g/mol. The Morgan fingerprint density at radius 2 is 1.55 bits per heavy atom. The van der Waals surface area contributed by atoms with Gasteiger partial charge >= 0.3 is 0 Å². The molecule has 5 nitrogen and oxygen atoms in total. The lowest BCUT2D eigenvalue weighted by Crippen LogP contribution is -2.41. The van der Waals surface area contributed by atoms with Crippen molar-refractivity contribution in [2.45, 2.75) is 31.7 Å². The summed E-state index contributed by atoms with van der Waals surface area (Å²) in [6.45, 7) is 7.31. The van der Waals surface area contributed by atoms with Crippen molar-refractivity contribution in [2.24, 2.45) is 0 Å². The third-order valence-electron chi connectivity index (χ3n) is 2.70. The van der Waals surface area contributed by atoms with Gasteiger partial charge in [0.25, 0.3) is 0 Å². The van der Waals surface area contributed by atoms with Gasteiger partial charge in [0, 0.05) is 13.2 Å². The Morgan fingerprint density at radius 3 is 2.00 bits per heavy atom. The van der Waals surface area contributed by atoms with Crippen LogP contribution in [0.2, 0.25) is 0 Å². The first-order valence-corrected chi connectivity index (χ1v) is 8.22. The smallest absolute Gasteiger partial charge is 0.240 e. The number of benzene rings is 1. The number of rotatable bonds is 9. The van der Waals surface area contributed by atoms with Crippen LogP contribution in [0, 0.1) is 6.92 Å². The van der Waals surface area contributed by atoms with E-state index in [4.69, 9.17) is 9.47 Å². The molecule has 6 heteroatoms. The average molecular weight is 301 g/mol. The Balaban J connectivity index is 2.76. The van der Waals surface area contributed by atoms with Gasteiger partial charge < -0.3 is 9.47 Å². The second-order valence-electron chi connectivity index (χ2n) is 4.45. The molecule has 0 bridgehead atoms. The molecule has 1 N–H and O–H groups in total. The predicted molar refractivity (Wildman–Crippen MR) is 78.3 cm³/mol. The largest absolute Gasteiger partial charge is 0.380 e. The summed E-state index contributed by atoms with van der Waals surface area (Å²) in [4.78, 5) is 0.251. The summed E-state index contributed by atoms with van der Waals surface area (Å²) in [6, 6.07) is 6.34. The SMILES string of the molecule is CCOCC(COCC)NS(=O)(=O)c1ccc(C)cc1. The summed E-state index contributed by atoms with van der Waals surface area (Å²) in [6.07, 6.45) is 0. The van der Waals surface area contributed by atoms with Gasteiger partial charge in [-0.25, -0.2) is 13.1 Å². The van der Waals surface area contributed by atoms with Crippen LogP contribution in [-0.2, 0) is 19.5 Å². The highest BCUT2D eigenvalue weighted by Crippen LogP contribution is 2.10. The van der Waals surface area contributed by atoms with Crippen molar-refractivity contribution >= 4 is 10.0 Å². The molecule has 20 heavy (non-hydrogen) atoms. The third kappa shape index (κ3) is 5.58. The molecule has 0 radical (unpaired) electrons. The van der Waals surface area contributed by atoms with Crippen molar-refractivity contribution in [3.8, 4) is 0 Å². The lowest BCUT2D eigenvalue weighted by molar-refractivity contribution is 0.0724. The molecule has 0 saturated heterocycles. The zero-order valence-corrected chi connectivity index (χ0v) is 13.1. The van der Waals surface area contributed by atoms with Gasteiger partial charge in [0.1, 0.15) is 0 Å². The van der Waals surface area contributed by atoms with Crippen molar-refractivity contribution < 1.29 is 17.9 Å². The molecular weight excluding hydrogens is 278 g/mol. The molecule has 0 heterocycles. The van der Waals surface area contributed by atoms with Crippen LogP contribution in [0.15, 0.2) is 29.2 Å². The van der Waals surface area contributed by atoms with E-state index in [9.17, 15) is 8.42 Å². The summed E-state index contributed by atoms with van der Waals surface area (Å²) in [7, 11) is -3.55. The first-order valence-electron chi connectivity index (χ1n) is 6.74. The van der Waals surface area contributed by atoms with Gasteiger partial charge in [0.15, 0.2) is 0 Å². The number of nitrogens with one attached hydrogen (secondary N) is 1. The highest BCUT2D eigenvalue weighted by Gasteiger charge is 2.20. The summed E-state index contributed by atoms with van der Waals surface area (Å²) in [5.41, 5.74) is 1.02. The van der Waals surface area contributed by atoms with E-state index in [0.717, 1.165) is 5.56 Å². The summed E-state index contributed by atoms with van der Waals surface area (Å²) >= 11 is 0. The first kappa shape index (κ1) is 17.1. The predicted octanol–water partition coefficient (Wildman–Crippen LogP) is 1.71. The fourth-order valence-electron chi connectivity index (χ4n) is 1.64. The molecule has 0 spiro atoms. The van der Waals surface area contributed by atoms with Crippen LogP contribution in [0.1, 0.15) is 19.4 Å². The molecule has 0 aliphatic rings. The highest BCUT2D eigenvalue weighted by atomic mass is 32.2. The molecule has 0 aliphatic heterocycles. The average Bonchev–Trinajstić information content (AvgIpc) is 2.42. The fraction of sp³-hybridized carbons (Fsp3) is 0.571. The molecule has 0 saturated carbocycles. The minimum absolute atomic E-state index is 0.251. The normalized spacial score (nSPS) is 12.0. The summed E-state index contributed by atoms with van der Waals surface area (Å²) < 4.78 is 37.7. The van der Waals surface area contributed by atoms with Crippen molar-refractivity contribution in [1.29, 1.82) is 0 Å².